The number of benzene rings is 1. The van der Waals surface area contributed by atoms with Gasteiger partial charge >= 0.3 is 0 Å². The molecule has 26 heavy (non-hydrogen) atoms. The molecule has 0 saturated carbocycles. The van der Waals surface area contributed by atoms with Gasteiger partial charge in [0, 0.05) is 17.1 Å². The smallest absolute Gasteiger partial charge is 0.267 e. The molecule has 4 heteroatoms. The van der Waals surface area contributed by atoms with Crippen molar-refractivity contribution in [3.05, 3.63) is 65.0 Å². The van der Waals surface area contributed by atoms with Gasteiger partial charge in [0.1, 0.15) is 5.69 Å². The van der Waals surface area contributed by atoms with Crippen LogP contribution in [-0.4, -0.2) is 15.9 Å². The summed E-state index contributed by atoms with van der Waals surface area (Å²) in [5.74, 6) is -0.517. The summed E-state index contributed by atoms with van der Waals surface area (Å²) in [5.41, 5.74) is 13.5. The number of nitrogens with two attached hydrogens (primary N) is 1. The van der Waals surface area contributed by atoms with Gasteiger partial charge in [-0.3, -0.25) is 9.78 Å². The topological polar surface area (TPSA) is 68.9 Å². The second-order valence-corrected chi connectivity index (χ2v) is 6.82. The zero-order valence-electron chi connectivity index (χ0n) is 14.9. The van der Waals surface area contributed by atoms with Crippen LogP contribution in [0.3, 0.4) is 0 Å². The van der Waals surface area contributed by atoms with E-state index in [0.717, 1.165) is 36.0 Å². The van der Waals surface area contributed by atoms with E-state index in [9.17, 15) is 4.79 Å². The minimum absolute atomic E-state index is 0.271. The van der Waals surface area contributed by atoms with Crippen molar-refractivity contribution in [2.45, 2.75) is 32.6 Å². The maximum absolute atomic E-state index is 11.3. The molecule has 3 aromatic rings. The number of aryl methyl sites for hydroxylation is 2. The Bertz CT molecular complexity index is 1040. The zero-order valence-corrected chi connectivity index (χ0v) is 14.9. The number of hydrogen-bond donors (Lipinski definition) is 1. The van der Waals surface area contributed by atoms with Crippen LogP contribution in [0.1, 0.15) is 45.6 Å². The maximum Gasteiger partial charge on any atom is 0.267 e. The SMILES string of the molecule is C=Cc1c(C)ccc2nc(-c3ccc(C(N)=O)nc3)c3c(c12)CCCC3. The van der Waals surface area contributed by atoms with Crippen molar-refractivity contribution < 1.29 is 4.79 Å². The van der Waals surface area contributed by atoms with Crippen LogP contribution in [0, 0.1) is 6.92 Å². The molecule has 1 aromatic carbocycles. The Balaban J connectivity index is 2.00. The van der Waals surface area contributed by atoms with Crippen molar-refractivity contribution >= 4 is 22.9 Å². The second-order valence-electron chi connectivity index (χ2n) is 6.82. The van der Waals surface area contributed by atoms with Crippen LogP contribution in [0.15, 0.2) is 37.0 Å². The molecule has 2 N–H and O–H groups in total. The maximum atomic E-state index is 11.3. The molecule has 2 aromatic heterocycles. The highest BCUT2D eigenvalue weighted by Crippen LogP contribution is 2.37. The van der Waals surface area contributed by atoms with Gasteiger partial charge in [0.2, 0.25) is 0 Å². The Labute approximate surface area is 152 Å². The van der Waals surface area contributed by atoms with E-state index >= 15 is 0 Å². The molecule has 2 heterocycles. The fourth-order valence-corrected chi connectivity index (χ4v) is 3.93. The number of amides is 1. The van der Waals surface area contributed by atoms with Crippen molar-refractivity contribution in [3.8, 4) is 11.3 Å². The summed E-state index contributed by atoms with van der Waals surface area (Å²) in [5, 5.41) is 1.24. The standard InChI is InChI=1S/C22H21N3O/c1-3-15-13(2)8-10-18-20(15)16-6-4-5-7-17(16)21(25-18)14-9-11-19(22(23)26)24-12-14/h3,8-12H,1,4-7H2,2H3,(H2,23,26). The number of primary amides is 1. The average Bonchev–Trinajstić information content (AvgIpc) is 2.67. The molecule has 4 nitrogen and oxygen atoms in total. The number of carbonyl (C=O) groups is 1. The first-order valence-electron chi connectivity index (χ1n) is 8.94. The molecule has 0 radical (unpaired) electrons. The molecule has 0 spiro atoms. The Morgan fingerprint density at radius 2 is 1.92 bits per heavy atom. The summed E-state index contributed by atoms with van der Waals surface area (Å²) < 4.78 is 0. The van der Waals surface area contributed by atoms with Crippen molar-refractivity contribution in [2.75, 3.05) is 0 Å². The number of nitrogens with zero attached hydrogens (tertiary/aromatic N) is 2. The lowest BCUT2D eigenvalue weighted by atomic mass is 9.84. The van der Waals surface area contributed by atoms with Crippen LogP contribution in [0.25, 0.3) is 28.2 Å². The van der Waals surface area contributed by atoms with Gasteiger partial charge in [-0.1, -0.05) is 18.7 Å². The number of hydrogen-bond acceptors (Lipinski definition) is 3. The van der Waals surface area contributed by atoms with Crippen LogP contribution in [0.5, 0.6) is 0 Å². The molecule has 0 atom stereocenters. The minimum atomic E-state index is -0.517. The molecular formula is C22H21N3O. The summed E-state index contributed by atoms with van der Waals surface area (Å²) in [6.45, 7) is 6.13. The molecule has 1 amide bonds. The molecule has 1 aliphatic rings. The summed E-state index contributed by atoms with van der Waals surface area (Å²) in [4.78, 5) is 20.5. The highest BCUT2D eigenvalue weighted by Gasteiger charge is 2.21. The molecular weight excluding hydrogens is 322 g/mol. The lowest BCUT2D eigenvalue weighted by molar-refractivity contribution is 0.0995. The van der Waals surface area contributed by atoms with Gasteiger partial charge in [-0.25, -0.2) is 4.98 Å². The van der Waals surface area contributed by atoms with Crippen molar-refractivity contribution in [1.82, 2.24) is 9.97 Å². The number of carbonyl (C=O) groups excluding carboxylic acids is 1. The van der Waals surface area contributed by atoms with Crippen LogP contribution >= 0.6 is 0 Å². The largest absolute Gasteiger partial charge is 0.364 e. The number of aromatic nitrogens is 2. The van der Waals surface area contributed by atoms with Crippen LogP contribution in [-0.2, 0) is 12.8 Å². The molecule has 1 aliphatic carbocycles. The van der Waals surface area contributed by atoms with Crippen molar-refractivity contribution in [3.63, 3.8) is 0 Å². The molecule has 0 aliphatic heterocycles. The van der Waals surface area contributed by atoms with Gasteiger partial charge < -0.3 is 5.73 Å². The van der Waals surface area contributed by atoms with Gasteiger partial charge in [0.15, 0.2) is 0 Å². The van der Waals surface area contributed by atoms with Gasteiger partial charge in [-0.2, -0.15) is 0 Å². The van der Waals surface area contributed by atoms with E-state index < -0.39 is 5.91 Å². The van der Waals surface area contributed by atoms with E-state index in [1.54, 1.807) is 12.3 Å². The summed E-state index contributed by atoms with van der Waals surface area (Å²) in [6, 6.07) is 7.74. The monoisotopic (exact) mass is 343 g/mol. The van der Waals surface area contributed by atoms with Crippen LogP contribution in [0.4, 0.5) is 0 Å². The quantitative estimate of drug-likeness (QED) is 0.774. The summed E-state index contributed by atoms with van der Waals surface area (Å²) >= 11 is 0. The molecule has 0 unspecified atom stereocenters. The van der Waals surface area contributed by atoms with Gasteiger partial charge in [0.05, 0.1) is 11.2 Å². The van der Waals surface area contributed by atoms with Crippen molar-refractivity contribution in [1.29, 1.82) is 0 Å². The summed E-state index contributed by atoms with van der Waals surface area (Å²) in [6.07, 6.45) is 8.06. The normalized spacial score (nSPS) is 13.4. The highest BCUT2D eigenvalue weighted by atomic mass is 16.1. The molecule has 0 bridgehead atoms. The lowest BCUT2D eigenvalue weighted by Crippen LogP contribution is -2.13. The second kappa shape index (κ2) is 6.37. The average molecular weight is 343 g/mol. The number of pyridine rings is 2. The fourth-order valence-electron chi connectivity index (χ4n) is 3.93. The van der Waals surface area contributed by atoms with E-state index in [0.29, 0.717) is 0 Å². The minimum Gasteiger partial charge on any atom is -0.364 e. The van der Waals surface area contributed by atoms with Crippen molar-refractivity contribution in [2.24, 2.45) is 5.73 Å². The lowest BCUT2D eigenvalue weighted by Gasteiger charge is -2.23. The van der Waals surface area contributed by atoms with E-state index in [1.165, 1.54) is 34.1 Å². The van der Waals surface area contributed by atoms with E-state index in [1.807, 2.05) is 12.1 Å². The molecule has 4 rings (SSSR count). The molecule has 130 valence electrons. The Morgan fingerprint density at radius 1 is 1.15 bits per heavy atom. The molecule has 0 fully saturated rings. The van der Waals surface area contributed by atoms with Crippen LogP contribution in [0.2, 0.25) is 0 Å². The van der Waals surface area contributed by atoms with Gasteiger partial charge in [-0.15, -0.1) is 0 Å². The summed E-state index contributed by atoms with van der Waals surface area (Å²) in [7, 11) is 0. The molecule has 0 saturated heterocycles. The zero-order chi connectivity index (χ0) is 18.3. The predicted molar refractivity (Wildman–Crippen MR) is 105 cm³/mol. The Hall–Kier alpha value is -3.01. The third kappa shape index (κ3) is 2.58. The number of fused-ring (bicyclic) bond motifs is 3. The van der Waals surface area contributed by atoms with Gasteiger partial charge in [-0.05, 0) is 73.1 Å². The highest BCUT2D eigenvalue weighted by molar-refractivity contribution is 5.95. The predicted octanol–water partition coefficient (Wildman–Crippen LogP) is 4.23. The van der Waals surface area contributed by atoms with Crippen LogP contribution < -0.4 is 5.73 Å². The van der Waals surface area contributed by atoms with Gasteiger partial charge in [0.25, 0.3) is 5.91 Å². The van der Waals surface area contributed by atoms with E-state index in [4.69, 9.17) is 10.7 Å². The Morgan fingerprint density at radius 3 is 2.58 bits per heavy atom. The third-order valence-electron chi connectivity index (χ3n) is 5.22. The number of rotatable bonds is 3. The third-order valence-corrected chi connectivity index (χ3v) is 5.22. The van der Waals surface area contributed by atoms with E-state index in [2.05, 4.69) is 30.6 Å². The first-order chi connectivity index (χ1) is 12.6. The first-order valence-corrected chi connectivity index (χ1v) is 8.94. The fraction of sp³-hybridized carbons (Fsp3) is 0.227. The Kier molecular flexibility index (Phi) is 4.03. The first kappa shape index (κ1) is 16.5. The van der Waals surface area contributed by atoms with E-state index in [-0.39, 0.29) is 5.69 Å².